The van der Waals surface area contributed by atoms with E-state index in [-0.39, 0.29) is 12.0 Å². The summed E-state index contributed by atoms with van der Waals surface area (Å²) in [5.41, 5.74) is 1.16. The first-order chi connectivity index (χ1) is 7.75. The lowest BCUT2D eigenvalue weighted by molar-refractivity contribution is -0.0451. The van der Waals surface area contributed by atoms with E-state index in [1.807, 2.05) is 13.1 Å². The van der Waals surface area contributed by atoms with Gasteiger partial charge >= 0.3 is 0 Å². The second-order valence-electron chi connectivity index (χ2n) is 4.52. The number of hydrogen-bond donors (Lipinski definition) is 1. The fraction of sp³-hybridized carbons (Fsp3) is 0.667. The predicted octanol–water partition coefficient (Wildman–Crippen LogP) is 1.11. The third-order valence-corrected chi connectivity index (χ3v) is 3.01. The standard InChI is InChI=1S/C12H19NO3/c1-13(6-10-2-4-15-8-10)7-11-9-16-5-3-12(11)14/h2,4,8,11-12,14H,3,5-7,9H2,1H3. The summed E-state index contributed by atoms with van der Waals surface area (Å²) in [6.45, 7) is 3.05. The Morgan fingerprint density at radius 2 is 2.44 bits per heavy atom. The van der Waals surface area contributed by atoms with Crippen molar-refractivity contribution in [2.24, 2.45) is 5.92 Å². The second-order valence-corrected chi connectivity index (χ2v) is 4.52. The van der Waals surface area contributed by atoms with Gasteiger partial charge in [0.1, 0.15) is 0 Å². The van der Waals surface area contributed by atoms with Crippen LogP contribution in [-0.4, -0.2) is 42.9 Å². The van der Waals surface area contributed by atoms with Crippen molar-refractivity contribution < 1.29 is 14.3 Å². The average Bonchev–Trinajstić information content (AvgIpc) is 2.74. The molecule has 1 aliphatic rings. The maximum atomic E-state index is 9.82. The molecule has 1 fully saturated rings. The molecule has 0 spiro atoms. The number of hydrogen-bond acceptors (Lipinski definition) is 4. The Balaban J connectivity index is 1.79. The molecule has 0 aromatic carbocycles. The van der Waals surface area contributed by atoms with Crippen LogP contribution in [0, 0.1) is 5.92 Å². The minimum absolute atomic E-state index is 0.222. The molecule has 1 aliphatic heterocycles. The van der Waals surface area contributed by atoms with Crippen molar-refractivity contribution in [3.63, 3.8) is 0 Å². The van der Waals surface area contributed by atoms with E-state index >= 15 is 0 Å². The second kappa shape index (κ2) is 5.48. The van der Waals surface area contributed by atoms with Crippen LogP contribution in [0.3, 0.4) is 0 Å². The van der Waals surface area contributed by atoms with Gasteiger partial charge in [-0.15, -0.1) is 0 Å². The van der Waals surface area contributed by atoms with Crippen molar-refractivity contribution in [1.82, 2.24) is 4.90 Å². The predicted molar refractivity (Wildman–Crippen MR) is 60.0 cm³/mol. The molecule has 2 atom stereocenters. The van der Waals surface area contributed by atoms with E-state index in [0.717, 1.165) is 25.1 Å². The number of aliphatic hydroxyl groups is 1. The van der Waals surface area contributed by atoms with Gasteiger partial charge in [0.2, 0.25) is 0 Å². The molecule has 1 saturated heterocycles. The van der Waals surface area contributed by atoms with E-state index in [1.54, 1.807) is 12.5 Å². The zero-order chi connectivity index (χ0) is 11.4. The van der Waals surface area contributed by atoms with Crippen molar-refractivity contribution in [3.05, 3.63) is 24.2 Å². The Hall–Kier alpha value is -0.840. The molecule has 90 valence electrons. The highest BCUT2D eigenvalue weighted by atomic mass is 16.5. The Bertz CT molecular complexity index is 299. The van der Waals surface area contributed by atoms with Crippen LogP contribution < -0.4 is 0 Å². The fourth-order valence-corrected chi connectivity index (χ4v) is 2.12. The van der Waals surface area contributed by atoms with Crippen molar-refractivity contribution in [1.29, 1.82) is 0 Å². The van der Waals surface area contributed by atoms with Crippen LogP contribution >= 0.6 is 0 Å². The van der Waals surface area contributed by atoms with Gasteiger partial charge in [-0.2, -0.15) is 0 Å². The van der Waals surface area contributed by atoms with Crippen LogP contribution in [0.1, 0.15) is 12.0 Å². The first-order valence-electron chi connectivity index (χ1n) is 5.71. The quantitative estimate of drug-likeness (QED) is 0.833. The molecular formula is C12H19NO3. The molecule has 0 radical (unpaired) electrons. The summed E-state index contributed by atoms with van der Waals surface area (Å²) >= 11 is 0. The molecule has 0 bridgehead atoms. The van der Waals surface area contributed by atoms with E-state index in [1.165, 1.54) is 0 Å². The smallest absolute Gasteiger partial charge is 0.0947 e. The summed E-state index contributed by atoms with van der Waals surface area (Å²) in [7, 11) is 2.05. The first kappa shape index (κ1) is 11.6. The van der Waals surface area contributed by atoms with Gasteiger partial charge in [0.15, 0.2) is 0 Å². The summed E-state index contributed by atoms with van der Waals surface area (Å²) < 4.78 is 10.4. The lowest BCUT2D eigenvalue weighted by atomic mass is 9.98. The molecule has 0 saturated carbocycles. The molecule has 1 aromatic heterocycles. The number of furan rings is 1. The third-order valence-electron chi connectivity index (χ3n) is 3.01. The van der Waals surface area contributed by atoms with Gasteiger partial charge in [0.25, 0.3) is 0 Å². The Morgan fingerprint density at radius 1 is 1.56 bits per heavy atom. The van der Waals surface area contributed by atoms with Crippen molar-refractivity contribution in [3.8, 4) is 0 Å². The molecule has 1 aromatic rings. The average molecular weight is 225 g/mol. The van der Waals surface area contributed by atoms with Gasteiger partial charge < -0.3 is 19.2 Å². The first-order valence-corrected chi connectivity index (χ1v) is 5.71. The Morgan fingerprint density at radius 3 is 3.12 bits per heavy atom. The van der Waals surface area contributed by atoms with Gasteiger partial charge in [-0.3, -0.25) is 0 Å². The maximum absolute atomic E-state index is 9.82. The topological polar surface area (TPSA) is 45.8 Å². The van der Waals surface area contributed by atoms with Gasteiger partial charge in [-0.05, 0) is 19.5 Å². The van der Waals surface area contributed by atoms with Gasteiger partial charge in [0.05, 0.1) is 25.2 Å². The largest absolute Gasteiger partial charge is 0.472 e. The summed E-state index contributed by atoms with van der Waals surface area (Å²) in [5.74, 6) is 0.227. The molecule has 16 heavy (non-hydrogen) atoms. The lowest BCUT2D eigenvalue weighted by Crippen LogP contribution is -2.39. The van der Waals surface area contributed by atoms with E-state index in [4.69, 9.17) is 9.15 Å². The molecule has 2 unspecified atom stereocenters. The number of nitrogens with zero attached hydrogens (tertiary/aromatic N) is 1. The van der Waals surface area contributed by atoms with Crippen molar-refractivity contribution in [2.75, 3.05) is 26.8 Å². The highest BCUT2D eigenvalue weighted by Crippen LogP contribution is 2.16. The fourth-order valence-electron chi connectivity index (χ4n) is 2.12. The van der Waals surface area contributed by atoms with E-state index in [2.05, 4.69) is 4.90 Å². The number of rotatable bonds is 4. The Kier molecular flexibility index (Phi) is 3.98. The minimum atomic E-state index is -0.222. The number of aliphatic hydroxyl groups excluding tert-OH is 1. The van der Waals surface area contributed by atoms with E-state index in [0.29, 0.717) is 13.2 Å². The molecule has 1 N–H and O–H groups in total. The maximum Gasteiger partial charge on any atom is 0.0947 e. The highest BCUT2D eigenvalue weighted by molar-refractivity contribution is 5.04. The van der Waals surface area contributed by atoms with Gasteiger partial charge in [-0.1, -0.05) is 0 Å². The van der Waals surface area contributed by atoms with Gasteiger partial charge in [0, 0.05) is 31.2 Å². The molecule has 2 heterocycles. The van der Waals surface area contributed by atoms with Crippen molar-refractivity contribution in [2.45, 2.75) is 19.1 Å². The van der Waals surface area contributed by atoms with Crippen LogP contribution in [0.5, 0.6) is 0 Å². The highest BCUT2D eigenvalue weighted by Gasteiger charge is 2.24. The monoisotopic (exact) mass is 225 g/mol. The summed E-state index contributed by atoms with van der Waals surface area (Å²) in [4.78, 5) is 2.19. The van der Waals surface area contributed by atoms with Gasteiger partial charge in [-0.25, -0.2) is 0 Å². The van der Waals surface area contributed by atoms with Crippen LogP contribution in [0.4, 0.5) is 0 Å². The zero-order valence-corrected chi connectivity index (χ0v) is 9.63. The minimum Gasteiger partial charge on any atom is -0.472 e. The Labute approximate surface area is 95.8 Å². The molecular weight excluding hydrogens is 206 g/mol. The molecule has 4 heteroatoms. The molecule has 0 aliphatic carbocycles. The SMILES string of the molecule is CN(Cc1ccoc1)CC1COCCC1O. The van der Waals surface area contributed by atoms with E-state index in [9.17, 15) is 5.11 Å². The molecule has 4 nitrogen and oxygen atoms in total. The lowest BCUT2D eigenvalue weighted by Gasteiger charge is -2.31. The van der Waals surface area contributed by atoms with Crippen molar-refractivity contribution >= 4 is 0 Å². The summed E-state index contributed by atoms with van der Waals surface area (Å²) in [5, 5.41) is 9.82. The summed E-state index contributed by atoms with van der Waals surface area (Å²) in [6, 6.07) is 1.96. The number of ether oxygens (including phenoxy) is 1. The zero-order valence-electron chi connectivity index (χ0n) is 9.63. The van der Waals surface area contributed by atoms with E-state index < -0.39 is 0 Å². The van der Waals surface area contributed by atoms with Crippen LogP contribution in [0.2, 0.25) is 0 Å². The molecule has 2 rings (SSSR count). The summed E-state index contributed by atoms with van der Waals surface area (Å²) in [6.07, 6.45) is 3.97. The van der Waals surface area contributed by atoms with Crippen LogP contribution in [0.25, 0.3) is 0 Å². The van der Waals surface area contributed by atoms with Crippen LogP contribution in [-0.2, 0) is 11.3 Å². The van der Waals surface area contributed by atoms with Crippen LogP contribution in [0.15, 0.2) is 23.0 Å². The normalized spacial score (nSPS) is 26.2. The molecule has 0 amide bonds. The third kappa shape index (κ3) is 3.07.